The summed E-state index contributed by atoms with van der Waals surface area (Å²) < 4.78 is 0. The van der Waals surface area contributed by atoms with Crippen LogP contribution in [0.2, 0.25) is 10.0 Å². The lowest BCUT2D eigenvalue weighted by molar-refractivity contribution is 0.102. The maximum Gasteiger partial charge on any atom is 0.274 e. The lowest BCUT2D eigenvalue weighted by Crippen LogP contribution is -2.13. The second-order valence-electron chi connectivity index (χ2n) is 3.29. The van der Waals surface area contributed by atoms with Gasteiger partial charge in [0.25, 0.3) is 5.91 Å². The summed E-state index contributed by atoms with van der Waals surface area (Å²) in [5, 5.41) is 3.58. The number of amides is 1. The van der Waals surface area contributed by atoms with Gasteiger partial charge >= 0.3 is 0 Å². The molecule has 0 atom stereocenters. The topological polar surface area (TPSA) is 42.0 Å². The van der Waals surface area contributed by atoms with Crippen LogP contribution in [0.1, 0.15) is 10.5 Å². The van der Waals surface area contributed by atoms with Crippen molar-refractivity contribution in [2.45, 2.75) is 0 Å². The summed E-state index contributed by atoms with van der Waals surface area (Å²) in [6, 6.07) is 9.96. The van der Waals surface area contributed by atoms with Crippen molar-refractivity contribution in [3.8, 4) is 0 Å². The van der Waals surface area contributed by atoms with Crippen molar-refractivity contribution in [1.29, 1.82) is 0 Å². The van der Waals surface area contributed by atoms with Crippen molar-refractivity contribution in [2.75, 3.05) is 5.32 Å². The van der Waals surface area contributed by atoms with Gasteiger partial charge in [0.15, 0.2) is 0 Å². The second-order valence-corrected chi connectivity index (χ2v) is 4.14. The van der Waals surface area contributed by atoms with Crippen LogP contribution in [0.3, 0.4) is 0 Å². The summed E-state index contributed by atoms with van der Waals surface area (Å²) in [6.45, 7) is 0. The highest BCUT2D eigenvalue weighted by molar-refractivity contribution is 6.35. The molecule has 0 aliphatic carbocycles. The van der Waals surface area contributed by atoms with Crippen LogP contribution in [-0.4, -0.2) is 10.9 Å². The fourth-order valence-electron chi connectivity index (χ4n) is 1.28. The molecule has 0 saturated carbocycles. The Hall–Kier alpha value is -1.58. The number of nitrogens with zero attached hydrogens (tertiary/aromatic N) is 1. The number of aromatic nitrogens is 1. The largest absolute Gasteiger partial charge is 0.319 e. The number of rotatable bonds is 2. The van der Waals surface area contributed by atoms with Crippen LogP contribution in [0.25, 0.3) is 0 Å². The summed E-state index contributed by atoms with van der Waals surface area (Å²) in [4.78, 5) is 15.7. The molecule has 0 aliphatic heterocycles. The molecule has 1 aromatic heterocycles. The lowest BCUT2D eigenvalue weighted by Gasteiger charge is -2.06. The summed E-state index contributed by atoms with van der Waals surface area (Å²) in [5.74, 6) is -0.324. The van der Waals surface area contributed by atoms with Crippen LogP contribution < -0.4 is 5.32 Å². The van der Waals surface area contributed by atoms with Crippen molar-refractivity contribution in [2.24, 2.45) is 0 Å². The average Bonchev–Trinajstić information content (AvgIpc) is 2.35. The van der Waals surface area contributed by atoms with E-state index in [1.165, 1.54) is 0 Å². The normalized spacial score (nSPS) is 10.0. The zero-order valence-electron chi connectivity index (χ0n) is 8.65. The highest BCUT2D eigenvalue weighted by Crippen LogP contribution is 2.25. The fourth-order valence-corrected chi connectivity index (χ4v) is 1.61. The van der Waals surface area contributed by atoms with Gasteiger partial charge < -0.3 is 5.32 Å². The molecule has 0 spiro atoms. The molecule has 0 bridgehead atoms. The molecule has 0 unspecified atom stereocenters. The first kappa shape index (κ1) is 11.9. The third-order valence-electron chi connectivity index (χ3n) is 2.07. The van der Waals surface area contributed by atoms with Crippen molar-refractivity contribution in [1.82, 2.24) is 4.98 Å². The summed E-state index contributed by atoms with van der Waals surface area (Å²) in [5.41, 5.74) is 0.790. The number of hydrogen-bond donors (Lipinski definition) is 1. The van der Waals surface area contributed by atoms with E-state index in [1.807, 2.05) is 0 Å². The van der Waals surface area contributed by atoms with Gasteiger partial charge in [0.2, 0.25) is 0 Å². The average molecular weight is 267 g/mol. The number of benzene rings is 1. The number of pyridine rings is 1. The van der Waals surface area contributed by atoms with Gasteiger partial charge in [0, 0.05) is 11.2 Å². The maximum atomic E-state index is 11.8. The van der Waals surface area contributed by atoms with Crippen LogP contribution in [0, 0.1) is 0 Å². The Morgan fingerprint density at radius 3 is 2.71 bits per heavy atom. The van der Waals surface area contributed by atoms with E-state index in [2.05, 4.69) is 10.3 Å². The maximum absolute atomic E-state index is 11.8. The first-order chi connectivity index (χ1) is 8.16. The highest BCUT2D eigenvalue weighted by atomic mass is 35.5. The van der Waals surface area contributed by atoms with E-state index in [1.54, 1.807) is 42.6 Å². The standard InChI is InChI=1S/C12H8Cl2N2O/c13-8-4-5-9(14)11(7-8)16-12(17)10-3-1-2-6-15-10/h1-7H,(H,16,17). The Kier molecular flexibility index (Phi) is 3.61. The lowest BCUT2D eigenvalue weighted by atomic mass is 10.3. The molecule has 1 heterocycles. The number of halogens is 2. The van der Waals surface area contributed by atoms with Gasteiger partial charge in [-0.1, -0.05) is 29.3 Å². The number of hydrogen-bond acceptors (Lipinski definition) is 2. The number of carbonyl (C=O) groups excluding carboxylic acids is 1. The summed E-state index contributed by atoms with van der Waals surface area (Å²) >= 11 is 11.8. The second kappa shape index (κ2) is 5.17. The van der Waals surface area contributed by atoms with E-state index >= 15 is 0 Å². The molecule has 5 heteroatoms. The molecule has 2 aromatic rings. The van der Waals surface area contributed by atoms with Gasteiger partial charge in [0.05, 0.1) is 10.7 Å². The van der Waals surface area contributed by atoms with Gasteiger partial charge in [-0.3, -0.25) is 9.78 Å². The van der Waals surface area contributed by atoms with Gasteiger partial charge in [-0.15, -0.1) is 0 Å². The summed E-state index contributed by atoms with van der Waals surface area (Å²) in [6.07, 6.45) is 1.55. The first-order valence-corrected chi connectivity index (χ1v) is 5.60. The van der Waals surface area contributed by atoms with Crippen LogP contribution >= 0.6 is 23.2 Å². The van der Waals surface area contributed by atoms with Crippen molar-refractivity contribution >= 4 is 34.8 Å². The minimum atomic E-state index is -0.324. The molecule has 86 valence electrons. The van der Waals surface area contributed by atoms with E-state index in [0.717, 1.165) is 0 Å². The van der Waals surface area contributed by atoms with Gasteiger partial charge in [-0.2, -0.15) is 0 Å². The number of carbonyl (C=O) groups is 1. The van der Waals surface area contributed by atoms with E-state index in [9.17, 15) is 4.79 Å². The molecule has 0 radical (unpaired) electrons. The fraction of sp³-hybridized carbons (Fsp3) is 0. The van der Waals surface area contributed by atoms with Crippen LogP contribution in [0.15, 0.2) is 42.6 Å². The zero-order chi connectivity index (χ0) is 12.3. The molecule has 3 nitrogen and oxygen atoms in total. The minimum absolute atomic E-state index is 0.323. The minimum Gasteiger partial charge on any atom is -0.319 e. The Labute approximate surface area is 108 Å². The smallest absolute Gasteiger partial charge is 0.274 e. The number of nitrogens with one attached hydrogen (secondary N) is 1. The van der Waals surface area contributed by atoms with E-state index in [4.69, 9.17) is 23.2 Å². The first-order valence-electron chi connectivity index (χ1n) is 4.84. The van der Waals surface area contributed by atoms with E-state index in [0.29, 0.717) is 21.4 Å². The van der Waals surface area contributed by atoms with Crippen molar-refractivity contribution in [3.63, 3.8) is 0 Å². The molecule has 0 saturated heterocycles. The Balaban J connectivity index is 2.22. The van der Waals surface area contributed by atoms with Crippen LogP contribution in [0.5, 0.6) is 0 Å². The zero-order valence-corrected chi connectivity index (χ0v) is 10.2. The highest BCUT2D eigenvalue weighted by Gasteiger charge is 2.09. The van der Waals surface area contributed by atoms with Crippen molar-refractivity contribution in [3.05, 3.63) is 58.3 Å². The van der Waals surface area contributed by atoms with E-state index in [-0.39, 0.29) is 5.91 Å². The number of anilines is 1. The van der Waals surface area contributed by atoms with Crippen LogP contribution in [-0.2, 0) is 0 Å². The SMILES string of the molecule is O=C(Nc1cc(Cl)ccc1Cl)c1ccccn1. The molecule has 0 fully saturated rings. The summed E-state index contributed by atoms with van der Waals surface area (Å²) in [7, 11) is 0. The molecular formula is C12H8Cl2N2O. The monoisotopic (exact) mass is 266 g/mol. The van der Waals surface area contributed by atoms with Crippen LogP contribution in [0.4, 0.5) is 5.69 Å². The Bertz CT molecular complexity index is 543. The van der Waals surface area contributed by atoms with Crippen molar-refractivity contribution < 1.29 is 4.79 Å². The Morgan fingerprint density at radius 1 is 1.18 bits per heavy atom. The molecule has 2 rings (SSSR count). The van der Waals surface area contributed by atoms with E-state index < -0.39 is 0 Å². The molecular weight excluding hydrogens is 259 g/mol. The molecule has 1 N–H and O–H groups in total. The predicted molar refractivity (Wildman–Crippen MR) is 68.7 cm³/mol. The Morgan fingerprint density at radius 2 is 2.00 bits per heavy atom. The van der Waals surface area contributed by atoms with Gasteiger partial charge in [-0.25, -0.2) is 0 Å². The third kappa shape index (κ3) is 2.96. The van der Waals surface area contributed by atoms with Gasteiger partial charge in [-0.05, 0) is 30.3 Å². The molecule has 0 aliphatic rings. The predicted octanol–water partition coefficient (Wildman–Crippen LogP) is 3.64. The molecule has 1 aromatic carbocycles. The molecule has 17 heavy (non-hydrogen) atoms. The molecule has 1 amide bonds. The van der Waals surface area contributed by atoms with Gasteiger partial charge in [0.1, 0.15) is 5.69 Å². The quantitative estimate of drug-likeness (QED) is 0.902. The third-order valence-corrected chi connectivity index (χ3v) is 2.64.